The van der Waals surface area contributed by atoms with Crippen molar-refractivity contribution in [3.05, 3.63) is 23.8 Å². The molecule has 0 spiro atoms. The Morgan fingerprint density at radius 3 is 2.37 bits per heavy atom. The van der Waals surface area contributed by atoms with E-state index in [1.54, 1.807) is 11.0 Å². The summed E-state index contributed by atoms with van der Waals surface area (Å²) >= 11 is 0. The monoisotopic (exact) mass is 427 g/mol. The molecule has 0 radical (unpaired) electrons. The lowest BCUT2D eigenvalue weighted by Gasteiger charge is -2.34. The summed E-state index contributed by atoms with van der Waals surface area (Å²) in [5.41, 5.74) is 5.73. The SMILES string of the molecule is COC(=O)CCN(C/C=C(\C=C/CF)C1CCN(C(=O)OC(C)(C)C)CC1)C(N)=O. The minimum atomic E-state index is -0.649. The third-order valence-corrected chi connectivity index (χ3v) is 4.69. The van der Waals surface area contributed by atoms with Crippen LogP contribution in [0.5, 0.6) is 0 Å². The van der Waals surface area contributed by atoms with Gasteiger partial charge in [0.2, 0.25) is 0 Å². The van der Waals surface area contributed by atoms with Crippen LogP contribution < -0.4 is 5.73 Å². The number of hydrogen-bond acceptors (Lipinski definition) is 5. The molecule has 0 aromatic rings. The molecular weight excluding hydrogens is 393 g/mol. The van der Waals surface area contributed by atoms with Crippen molar-refractivity contribution in [2.24, 2.45) is 11.7 Å². The molecule has 1 fully saturated rings. The molecule has 8 nitrogen and oxygen atoms in total. The van der Waals surface area contributed by atoms with Crippen molar-refractivity contribution in [2.75, 3.05) is 40.0 Å². The van der Waals surface area contributed by atoms with Crippen molar-refractivity contribution < 1.29 is 28.2 Å². The molecule has 0 aromatic carbocycles. The second kappa shape index (κ2) is 12.2. The van der Waals surface area contributed by atoms with Crippen molar-refractivity contribution in [3.63, 3.8) is 0 Å². The molecule has 3 amide bonds. The van der Waals surface area contributed by atoms with E-state index >= 15 is 0 Å². The third kappa shape index (κ3) is 9.28. The molecule has 0 unspecified atom stereocenters. The number of allylic oxidation sites excluding steroid dienone is 3. The third-order valence-electron chi connectivity index (χ3n) is 4.69. The van der Waals surface area contributed by atoms with E-state index in [2.05, 4.69) is 4.74 Å². The quantitative estimate of drug-likeness (QED) is 0.474. The summed E-state index contributed by atoms with van der Waals surface area (Å²) < 4.78 is 22.7. The van der Waals surface area contributed by atoms with Crippen molar-refractivity contribution in [1.29, 1.82) is 0 Å². The lowest BCUT2D eigenvalue weighted by atomic mass is 9.88. The lowest BCUT2D eigenvalue weighted by Crippen LogP contribution is -2.42. The number of piperidine rings is 1. The number of amides is 3. The zero-order valence-electron chi connectivity index (χ0n) is 18.4. The summed E-state index contributed by atoms with van der Waals surface area (Å²) in [5, 5.41) is 0. The molecule has 170 valence electrons. The van der Waals surface area contributed by atoms with Gasteiger partial charge in [-0.15, -0.1) is 0 Å². The first-order valence-corrected chi connectivity index (χ1v) is 10.1. The molecular formula is C21H34FN3O5. The fraction of sp³-hybridized carbons (Fsp3) is 0.667. The molecule has 2 N–H and O–H groups in total. The first kappa shape index (κ1) is 25.5. The van der Waals surface area contributed by atoms with Gasteiger partial charge in [0.1, 0.15) is 12.3 Å². The Morgan fingerprint density at radius 2 is 1.87 bits per heavy atom. The molecule has 9 heteroatoms. The number of likely N-dealkylation sites (tertiary alicyclic amines) is 1. The number of alkyl halides is 1. The number of nitrogens with two attached hydrogens (primary N) is 1. The van der Waals surface area contributed by atoms with E-state index < -0.39 is 24.3 Å². The smallest absolute Gasteiger partial charge is 0.410 e. The van der Waals surface area contributed by atoms with E-state index in [-0.39, 0.29) is 31.5 Å². The summed E-state index contributed by atoms with van der Waals surface area (Å²) in [6, 6.07) is -0.649. The fourth-order valence-corrected chi connectivity index (χ4v) is 3.11. The summed E-state index contributed by atoms with van der Waals surface area (Å²) in [6.45, 7) is 6.27. The molecule has 0 aliphatic carbocycles. The normalized spacial score (nSPS) is 15.9. The highest BCUT2D eigenvalue weighted by molar-refractivity contribution is 5.74. The molecule has 0 atom stereocenters. The number of methoxy groups -OCH3 is 1. The molecule has 1 saturated heterocycles. The number of esters is 1. The van der Waals surface area contributed by atoms with Crippen LogP contribution in [0.2, 0.25) is 0 Å². The maximum absolute atomic E-state index is 12.7. The highest BCUT2D eigenvalue weighted by Crippen LogP contribution is 2.27. The van der Waals surface area contributed by atoms with Gasteiger partial charge in [-0.25, -0.2) is 14.0 Å². The van der Waals surface area contributed by atoms with Gasteiger partial charge in [-0.2, -0.15) is 0 Å². The van der Waals surface area contributed by atoms with Gasteiger partial charge in [0.25, 0.3) is 0 Å². The average molecular weight is 428 g/mol. The largest absolute Gasteiger partial charge is 0.469 e. The Hall–Kier alpha value is -2.58. The number of primary amides is 1. The van der Waals surface area contributed by atoms with Gasteiger partial charge in [-0.05, 0) is 45.1 Å². The summed E-state index contributed by atoms with van der Waals surface area (Å²) in [4.78, 5) is 38.2. The highest BCUT2D eigenvalue weighted by atomic mass is 19.1. The molecule has 1 rings (SSSR count). The maximum atomic E-state index is 12.7. The molecule has 0 saturated carbocycles. The number of halogens is 1. The first-order valence-electron chi connectivity index (χ1n) is 10.1. The van der Waals surface area contributed by atoms with E-state index in [1.807, 2.05) is 26.8 Å². The van der Waals surface area contributed by atoms with Gasteiger partial charge in [-0.3, -0.25) is 4.79 Å². The van der Waals surface area contributed by atoms with Crippen molar-refractivity contribution >= 4 is 18.1 Å². The maximum Gasteiger partial charge on any atom is 0.410 e. The van der Waals surface area contributed by atoms with Crippen LogP contribution >= 0.6 is 0 Å². The molecule has 0 bridgehead atoms. The minimum absolute atomic E-state index is 0.0389. The summed E-state index contributed by atoms with van der Waals surface area (Å²) in [6.07, 6.45) is 6.02. The van der Waals surface area contributed by atoms with E-state index in [1.165, 1.54) is 18.1 Å². The summed E-state index contributed by atoms with van der Waals surface area (Å²) in [5.74, 6) is -0.320. The van der Waals surface area contributed by atoms with E-state index in [4.69, 9.17) is 10.5 Å². The summed E-state index contributed by atoms with van der Waals surface area (Å²) in [7, 11) is 1.28. The van der Waals surface area contributed by atoms with Crippen LogP contribution in [-0.4, -0.2) is 73.5 Å². The van der Waals surface area contributed by atoms with Crippen LogP contribution in [0, 0.1) is 5.92 Å². The fourth-order valence-electron chi connectivity index (χ4n) is 3.11. The number of carbonyl (C=O) groups is 3. The number of nitrogens with zero attached hydrogens (tertiary/aromatic N) is 2. The number of urea groups is 1. The van der Waals surface area contributed by atoms with Crippen LogP contribution in [0.25, 0.3) is 0 Å². The second-order valence-electron chi connectivity index (χ2n) is 8.11. The van der Waals surface area contributed by atoms with Gasteiger partial charge >= 0.3 is 18.1 Å². The van der Waals surface area contributed by atoms with E-state index in [0.29, 0.717) is 25.9 Å². The van der Waals surface area contributed by atoms with Crippen LogP contribution in [0.15, 0.2) is 23.8 Å². The van der Waals surface area contributed by atoms with Crippen molar-refractivity contribution in [3.8, 4) is 0 Å². The highest BCUT2D eigenvalue weighted by Gasteiger charge is 2.27. The van der Waals surface area contributed by atoms with Gasteiger partial charge in [-0.1, -0.05) is 18.2 Å². The van der Waals surface area contributed by atoms with Crippen LogP contribution in [0.3, 0.4) is 0 Å². The van der Waals surface area contributed by atoms with E-state index in [0.717, 1.165) is 5.57 Å². The standard InChI is InChI=1S/C21H34FN3O5/c1-21(2,3)30-20(28)25-13-8-17(9-14-25)16(6-5-11-22)7-12-24(19(23)27)15-10-18(26)29-4/h5-7,17H,8-15H2,1-4H3,(H2,23,27)/b6-5-,16-7+. The Labute approximate surface area is 177 Å². The van der Waals surface area contributed by atoms with Crippen molar-refractivity contribution in [1.82, 2.24) is 9.80 Å². The Morgan fingerprint density at radius 1 is 1.23 bits per heavy atom. The van der Waals surface area contributed by atoms with Gasteiger partial charge in [0.05, 0.1) is 13.5 Å². The van der Waals surface area contributed by atoms with Crippen molar-refractivity contribution in [2.45, 2.75) is 45.6 Å². The molecule has 1 aliphatic heterocycles. The Kier molecular flexibility index (Phi) is 10.3. The Bertz CT molecular complexity index is 650. The van der Waals surface area contributed by atoms with Crippen LogP contribution in [0.4, 0.5) is 14.0 Å². The number of rotatable bonds is 8. The number of carbonyl (C=O) groups excluding carboxylic acids is 3. The predicted molar refractivity (Wildman–Crippen MR) is 112 cm³/mol. The molecule has 1 aliphatic rings. The van der Waals surface area contributed by atoms with Gasteiger partial charge < -0.3 is 25.0 Å². The average Bonchev–Trinajstić information content (AvgIpc) is 2.68. The van der Waals surface area contributed by atoms with Gasteiger partial charge in [0.15, 0.2) is 0 Å². The zero-order valence-corrected chi connectivity index (χ0v) is 18.4. The van der Waals surface area contributed by atoms with Gasteiger partial charge in [0, 0.05) is 26.2 Å². The van der Waals surface area contributed by atoms with Crippen LogP contribution in [0.1, 0.15) is 40.0 Å². The molecule has 0 aromatic heterocycles. The number of ether oxygens (including phenoxy) is 2. The van der Waals surface area contributed by atoms with Crippen LogP contribution in [-0.2, 0) is 14.3 Å². The molecule has 30 heavy (non-hydrogen) atoms. The molecule has 1 heterocycles. The topological polar surface area (TPSA) is 102 Å². The second-order valence-corrected chi connectivity index (χ2v) is 8.11. The zero-order chi connectivity index (χ0) is 22.7. The van der Waals surface area contributed by atoms with E-state index in [9.17, 15) is 18.8 Å². The number of hydrogen-bond donors (Lipinski definition) is 1. The first-order chi connectivity index (χ1) is 14.1. The lowest BCUT2D eigenvalue weighted by molar-refractivity contribution is -0.140. The Balaban J connectivity index is 2.77. The predicted octanol–water partition coefficient (Wildman–Crippen LogP) is 3.03. The minimum Gasteiger partial charge on any atom is -0.469 e.